The monoisotopic (exact) mass is 204 g/mol. The summed E-state index contributed by atoms with van der Waals surface area (Å²) in [5.74, 6) is 1.53. The van der Waals surface area contributed by atoms with Gasteiger partial charge in [0.25, 0.3) is 5.78 Å². The van der Waals surface area contributed by atoms with E-state index in [4.69, 9.17) is 0 Å². The van der Waals surface area contributed by atoms with Crippen molar-refractivity contribution < 1.29 is 0 Å². The maximum Gasteiger partial charge on any atom is 0.252 e. The van der Waals surface area contributed by atoms with Crippen molar-refractivity contribution in [1.29, 1.82) is 0 Å². The highest BCUT2D eigenvalue weighted by Crippen LogP contribution is 2.19. The van der Waals surface area contributed by atoms with E-state index in [1.165, 1.54) is 0 Å². The van der Waals surface area contributed by atoms with Crippen LogP contribution in [0.25, 0.3) is 5.78 Å². The van der Waals surface area contributed by atoms with Crippen LogP contribution in [0, 0.1) is 13.8 Å². The third kappa shape index (κ3) is 1.71. The van der Waals surface area contributed by atoms with Crippen LogP contribution in [0.1, 0.15) is 38.0 Å². The first-order chi connectivity index (χ1) is 6.88. The minimum Gasteiger partial charge on any atom is -0.216 e. The predicted octanol–water partition coefficient (Wildman–Crippen LogP) is 2.04. The van der Waals surface area contributed by atoms with Crippen molar-refractivity contribution in [3.63, 3.8) is 0 Å². The van der Waals surface area contributed by atoms with Gasteiger partial charge in [-0.25, -0.2) is 9.50 Å². The molecule has 0 bridgehead atoms. The average molecular weight is 204 g/mol. The van der Waals surface area contributed by atoms with Gasteiger partial charge in [0.15, 0.2) is 5.82 Å². The van der Waals surface area contributed by atoms with Gasteiger partial charge < -0.3 is 0 Å². The summed E-state index contributed by atoms with van der Waals surface area (Å²) in [4.78, 5) is 8.81. The molecule has 0 atom stereocenters. The normalized spacial score (nSPS) is 12.3. The smallest absolute Gasteiger partial charge is 0.216 e. The molecule has 15 heavy (non-hydrogen) atoms. The summed E-state index contributed by atoms with van der Waals surface area (Å²) in [6.07, 6.45) is 0. The predicted molar refractivity (Wildman–Crippen MR) is 59.0 cm³/mol. The van der Waals surface area contributed by atoms with Gasteiger partial charge in [-0.1, -0.05) is 20.8 Å². The molecule has 0 saturated heterocycles. The first-order valence-electron chi connectivity index (χ1n) is 5.09. The SMILES string of the molecule is Cc1cc(C)n2nc(C(C)(C)C)nc2n1. The number of fused-ring (bicyclic) bond motifs is 1. The quantitative estimate of drug-likeness (QED) is 0.659. The summed E-state index contributed by atoms with van der Waals surface area (Å²) in [6, 6.07) is 2.01. The van der Waals surface area contributed by atoms with Crippen molar-refractivity contribution in [2.24, 2.45) is 0 Å². The first-order valence-corrected chi connectivity index (χ1v) is 5.09. The molecule has 2 aromatic heterocycles. The van der Waals surface area contributed by atoms with Crippen molar-refractivity contribution in [1.82, 2.24) is 19.6 Å². The summed E-state index contributed by atoms with van der Waals surface area (Å²) in [7, 11) is 0. The highest BCUT2D eigenvalue weighted by molar-refractivity contribution is 5.32. The molecule has 0 aliphatic rings. The van der Waals surface area contributed by atoms with Gasteiger partial charge in [-0.05, 0) is 19.9 Å². The zero-order chi connectivity index (χ0) is 11.2. The number of rotatable bonds is 0. The molecule has 2 heterocycles. The average Bonchev–Trinajstić information content (AvgIpc) is 2.46. The molecule has 0 unspecified atom stereocenters. The van der Waals surface area contributed by atoms with E-state index < -0.39 is 0 Å². The standard InChI is InChI=1S/C11H16N4/c1-7-6-8(2)15-10(12-7)13-9(14-15)11(3,4)5/h6H,1-5H3. The zero-order valence-electron chi connectivity index (χ0n) is 9.87. The maximum atomic E-state index is 4.47. The number of hydrogen-bond acceptors (Lipinski definition) is 3. The Labute approximate surface area is 89.4 Å². The van der Waals surface area contributed by atoms with Crippen LogP contribution in [0.2, 0.25) is 0 Å². The molecule has 0 amide bonds. The highest BCUT2D eigenvalue weighted by Gasteiger charge is 2.20. The Morgan fingerprint density at radius 1 is 1.13 bits per heavy atom. The topological polar surface area (TPSA) is 43.1 Å². The third-order valence-corrected chi connectivity index (χ3v) is 2.29. The zero-order valence-corrected chi connectivity index (χ0v) is 9.87. The first kappa shape index (κ1) is 10.1. The largest absolute Gasteiger partial charge is 0.252 e. The van der Waals surface area contributed by atoms with Crippen molar-refractivity contribution in [2.45, 2.75) is 40.0 Å². The van der Waals surface area contributed by atoms with Crippen molar-refractivity contribution >= 4 is 5.78 Å². The molecule has 2 aromatic rings. The van der Waals surface area contributed by atoms with E-state index in [0.29, 0.717) is 5.78 Å². The van der Waals surface area contributed by atoms with Crippen molar-refractivity contribution in [3.05, 3.63) is 23.3 Å². The number of aryl methyl sites for hydroxylation is 2. The molecule has 0 N–H and O–H groups in total. The molecule has 0 spiro atoms. The van der Waals surface area contributed by atoms with Crippen LogP contribution in [0.15, 0.2) is 6.07 Å². The van der Waals surface area contributed by atoms with Gasteiger partial charge in [-0.2, -0.15) is 4.98 Å². The van der Waals surface area contributed by atoms with E-state index in [1.54, 1.807) is 4.52 Å². The van der Waals surface area contributed by atoms with Gasteiger partial charge in [-0.15, -0.1) is 5.10 Å². The Morgan fingerprint density at radius 2 is 1.80 bits per heavy atom. The van der Waals surface area contributed by atoms with Crippen LogP contribution >= 0.6 is 0 Å². The molecule has 4 heteroatoms. The van der Waals surface area contributed by atoms with E-state index in [1.807, 2.05) is 19.9 Å². The molecule has 0 saturated carbocycles. The van der Waals surface area contributed by atoms with Crippen LogP contribution < -0.4 is 0 Å². The number of hydrogen-bond donors (Lipinski definition) is 0. The fraction of sp³-hybridized carbons (Fsp3) is 0.545. The van der Waals surface area contributed by atoms with Gasteiger partial charge in [0.2, 0.25) is 0 Å². The lowest BCUT2D eigenvalue weighted by atomic mass is 9.96. The third-order valence-electron chi connectivity index (χ3n) is 2.29. The van der Waals surface area contributed by atoms with E-state index in [2.05, 4.69) is 35.8 Å². The summed E-state index contributed by atoms with van der Waals surface area (Å²) in [5, 5.41) is 4.47. The van der Waals surface area contributed by atoms with E-state index in [0.717, 1.165) is 17.2 Å². The van der Waals surface area contributed by atoms with Gasteiger partial charge in [0.1, 0.15) is 0 Å². The Balaban J connectivity index is 2.71. The fourth-order valence-electron chi connectivity index (χ4n) is 1.48. The van der Waals surface area contributed by atoms with E-state index in [9.17, 15) is 0 Å². The van der Waals surface area contributed by atoms with Crippen LogP contribution in [-0.4, -0.2) is 19.6 Å². The molecular weight excluding hydrogens is 188 g/mol. The number of aromatic nitrogens is 4. The number of nitrogens with zero attached hydrogens (tertiary/aromatic N) is 4. The molecule has 0 aliphatic heterocycles. The second kappa shape index (κ2) is 3.02. The summed E-state index contributed by atoms with van der Waals surface area (Å²) in [6.45, 7) is 10.3. The van der Waals surface area contributed by atoms with Crippen LogP contribution in [0.3, 0.4) is 0 Å². The lowest BCUT2D eigenvalue weighted by molar-refractivity contribution is 0.544. The summed E-state index contributed by atoms with van der Waals surface area (Å²) in [5.41, 5.74) is 2.02. The molecule has 2 rings (SSSR count). The van der Waals surface area contributed by atoms with Crippen molar-refractivity contribution in [2.75, 3.05) is 0 Å². The Hall–Kier alpha value is -1.45. The molecule has 4 nitrogen and oxygen atoms in total. The second-order valence-electron chi connectivity index (χ2n) is 4.94. The highest BCUT2D eigenvalue weighted by atomic mass is 15.3. The minimum atomic E-state index is -0.0337. The van der Waals surface area contributed by atoms with Gasteiger partial charge in [0.05, 0.1) is 0 Å². The minimum absolute atomic E-state index is 0.0337. The Morgan fingerprint density at radius 3 is 2.40 bits per heavy atom. The molecular formula is C11H16N4. The summed E-state index contributed by atoms with van der Waals surface area (Å²) < 4.78 is 1.80. The summed E-state index contributed by atoms with van der Waals surface area (Å²) >= 11 is 0. The molecule has 0 aromatic carbocycles. The maximum absolute atomic E-state index is 4.47. The van der Waals surface area contributed by atoms with Crippen LogP contribution in [0.4, 0.5) is 0 Å². The van der Waals surface area contributed by atoms with Gasteiger partial charge in [0, 0.05) is 16.8 Å². The molecule has 0 radical (unpaired) electrons. The molecule has 0 aliphatic carbocycles. The second-order valence-corrected chi connectivity index (χ2v) is 4.94. The van der Waals surface area contributed by atoms with Gasteiger partial charge in [-0.3, -0.25) is 0 Å². The van der Waals surface area contributed by atoms with E-state index in [-0.39, 0.29) is 5.41 Å². The van der Waals surface area contributed by atoms with Gasteiger partial charge >= 0.3 is 0 Å². The Bertz CT molecular complexity index is 505. The fourth-order valence-corrected chi connectivity index (χ4v) is 1.48. The Kier molecular flexibility index (Phi) is 2.03. The van der Waals surface area contributed by atoms with Crippen molar-refractivity contribution in [3.8, 4) is 0 Å². The lowest BCUT2D eigenvalue weighted by Gasteiger charge is -2.11. The molecule has 0 fully saturated rings. The van der Waals surface area contributed by atoms with Crippen LogP contribution in [0.5, 0.6) is 0 Å². The van der Waals surface area contributed by atoms with Crippen LogP contribution in [-0.2, 0) is 5.41 Å². The molecule has 80 valence electrons. The van der Waals surface area contributed by atoms with E-state index >= 15 is 0 Å². The lowest BCUT2D eigenvalue weighted by Crippen LogP contribution is -2.13.